The van der Waals surface area contributed by atoms with Crippen molar-refractivity contribution in [1.82, 2.24) is 4.98 Å². The van der Waals surface area contributed by atoms with E-state index < -0.39 is 11.8 Å². The van der Waals surface area contributed by atoms with Gasteiger partial charge < -0.3 is 17.8 Å². The first kappa shape index (κ1) is 9.37. The Bertz CT molecular complexity index is 270. The van der Waals surface area contributed by atoms with Gasteiger partial charge in [-0.15, -0.1) is 11.3 Å². The van der Waals surface area contributed by atoms with E-state index >= 15 is 0 Å². The van der Waals surface area contributed by atoms with Crippen LogP contribution in [0.2, 0.25) is 0 Å². The Kier molecular flexibility index (Phi) is 2.32. The molecule has 0 aliphatic carbocycles. The van der Waals surface area contributed by atoms with Gasteiger partial charge in [-0.05, 0) is 4.78 Å². The zero-order chi connectivity index (χ0) is 9.35. The first-order valence-electron chi connectivity index (χ1n) is 3.24. The molecule has 0 aliphatic heterocycles. The number of hydrogen-bond donors (Lipinski definition) is 0. The molecule has 0 fully saturated rings. The molecular weight excluding hydrogens is 188 g/mol. The fourth-order valence-electron chi connectivity index (χ4n) is 0.635. The normalized spacial score (nSPS) is 11.8. The van der Waals surface area contributed by atoms with Crippen LogP contribution >= 0.6 is 11.3 Å². The van der Waals surface area contributed by atoms with Crippen molar-refractivity contribution in [2.45, 2.75) is 0 Å². The van der Waals surface area contributed by atoms with Gasteiger partial charge in [-0.1, -0.05) is 0 Å². The van der Waals surface area contributed by atoms with E-state index in [4.69, 9.17) is 0 Å². The summed E-state index contributed by atoms with van der Waals surface area (Å²) in [6.45, 7) is -4.88. The molecule has 1 heterocycles. The quantitative estimate of drug-likeness (QED) is 0.660. The largest absolute Gasteiger partial charge is 0.521 e. The standard InChI is InChI=1S/C5H7BF3N2S/c1-11(2)5-10-3-4(12-5)6(7,8)9/h3H,1-2H3/q-1. The van der Waals surface area contributed by atoms with Crippen molar-refractivity contribution in [2.75, 3.05) is 19.0 Å². The maximum Gasteiger partial charge on any atom is 0.521 e. The van der Waals surface area contributed by atoms with Crippen molar-refractivity contribution in [3.8, 4) is 0 Å². The number of anilines is 1. The molecule has 0 atom stereocenters. The maximum atomic E-state index is 12.1. The monoisotopic (exact) mass is 195 g/mol. The summed E-state index contributed by atoms with van der Waals surface area (Å²) in [5.74, 6) is 0. The second-order valence-corrected chi connectivity index (χ2v) is 3.56. The molecule has 12 heavy (non-hydrogen) atoms. The molecule has 0 saturated carbocycles. The van der Waals surface area contributed by atoms with Crippen molar-refractivity contribution < 1.29 is 12.9 Å². The van der Waals surface area contributed by atoms with Crippen molar-refractivity contribution in [3.05, 3.63) is 6.20 Å². The smallest absolute Gasteiger partial charge is 0.444 e. The minimum Gasteiger partial charge on any atom is -0.444 e. The molecule has 0 radical (unpaired) electrons. The lowest BCUT2D eigenvalue weighted by atomic mass is 9.91. The van der Waals surface area contributed by atoms with Gasteiger partial charge in [-0.2, -0.15) is 0 Å². The zero-order valence-corrected chi connectivity index (χ0v) is 7.41. The van der Waals surface area contributed by atoms with Gasteiger partial charge in [-0.25, -0.2) is 4.98 Å². The fourth-order valence-corrected chi connectivity index (χ4v) is 1.37. The van der Waals surface area contributed by atoms with E-state index in [1.165, 1.54) is 0 Å². The van der Waals surface area contributed by atoms with Crippen LogP contribution in [-0.2, 0) is 0 Å². The summed E-state index contributed by atoms with van der Waals surface area (Å²) >= 11 is 0.666. The molecule has 1 aromatic rings. The summed E-state index contributed by atoms with van der Waals surface area (Å²) in [5, 5.41) is 0.379. The van der Waals surface area contributed by atoms with Crippen LogP contribution in [0.4, 0.5) is 18.1 Å². The van der Waals surface area contributed by atoms with Gasteiger partial charge in [0, 0.05) is 20.3 Å². The van der Waals surface area contributed by atoms with Gasteiger partial charge in [-0.3, -0.25) is 0 Å². The van der Waals surface area contributed by atoms with Gasteiger partial charge in [0.25, 0.3) is 0 Å². The SMILES string of the molecule is CN(C)c1ncc([B-](F)(F)F)s1. The van der Waals surface area contributed by atoms with Crippen LogP contribution in [0.3, 0.4) is 0 Å². The zero-order valence-electron chi connectivity index (χ0n) is 6.59. The molecule has 0 saturated heterocycles. The highest BCUT2D eigenvalue weighted by atomic mass is 32.1. The third-order valence-corrected chi connectivity index (χ3v) is 2.48. The van der Waals surface area contributed by atoms with E-state index in [1.54, 1.807) is 19.0 Å². The first-order valence-corrected chi connectivity index (χ1v) is 4.06. The molecule has 0 aliphatic rings. The molecule has 2 nitrogen and oxygen atoms in total. The van der Waals surface area contributed by atoms with Crippen LogP contribution in [0.1, 0.15) is 0 Å². The molecule has 0 unspecified atom stereocenters. The fraction of sp³-hybridized carbons (Fsp3) is 0.400. The van der Waals surface area contributed by atoms with Crippen LogP contribution in [-0.4, -0.2) is 26.1 Å². The number of rotatable bonds is 2. The van der Waals surface area contributed by atoms with E-state index in [2.05, 4.69) is 4.98 Å². The third-order valence-electron chi connectivity index (χ3n) is 1.22. The van der Waals surface area contributed by atoms with Crippen LogP contribution in [0.25, 0.3) is 0 Å². The van der Waals surface area contributed by atoms with Crippen LogP contribution < -0.4 is 9.68 Å². The van der Waals surface area contributed by atoms with Gasteiger partial charge in [0.1, 0.15) is 0 Å². The molecule has 68 valence electrons. The van der Waals surface area contributed by atoms with Gasteiger partial charge in [0.2, 0.25) is 0 Å². The Hall–Kier alpha value is -0.715. The minimum atomic E-state index is -4.88. The van der Waals surface area contributed by atoms with E-state index in [0.29, 0.717) is 16.5 Å². The number of aromatic nitrogens is 1. The molecule has 1 aromatic heterocycles. The summed E-state index contributed by atoms with van der Waals surface area (Å²) < 4.78 is 35.6. The minimum absolute atomic E-state index is 0.379. The lowest BCUT2D eigenvalue weighted by Gasteiger charge is -2.10. The second-order valence-electron chi connectivity index (χ2n) is 2.51. The van der Waals surface area contributed by atoms with Gasteiger partial charge >= 0.3 is 6.98 Å². The Balaban J connectivity index is 2.92. The van der Waals surface area contributed by atoms with E-state index in [9.17, 15) is 12.9 Å². The van der Waals surface area contributed by atoms with Crippen molar-refractivity contribution in [2.24, 2.45) is 0 Å². The van der Waals surface area contributed by atoms with E-state index in [1.807, 2.05) is 0 Å². The lowest BCUT2D eigenvalue weighted by molar-refractivity contribution is 0.502. The predicted molar refractivity (Wildman–Crippen MR) is 45.2 cm³/mol. The highest BCUT2D eigenvalue weighted by Gasteiger charge is 2.28. The van der Waals surface area contributed by atoms with Gasteiger partial charge in [0.15, 0.2) is 5.13 Å². The highest BCUT2D eigenvalue weighted by molar-refractivity contribution is 7.26. The van der Waals surface area contributed by atoms with Crippen LogP contribution in [0.5, 0.6) is 0 Å². The highest BCUT2D eigenvalue weighted by Crippen LogP contribution is 2.18. The number of halogens is 3. The Morgan fingerprint density at radius 2 is 2.00 bits per heavy atom. The van der Waals surface area contributed by atoms with Gasteiger partial charge in [0.05, 0.1) is 0 Å². The topological polar surface area (TPSA) is 16.1 Å². The first-order chi connectivity index (χ1) is 5.41. The number of hydrogen-bond acceptors (Lipinski definition) is 3. The van der Waals surface area contributed by atoms with E-state index in [0.717, 1.165) is 6.20 Å². The summed E-state index contributed by atoms with van der Waals surface area (Å²) in [4.78, 5) is 5.17. The van der Waals surface area contributed by atoms with Crippen LogP contribution in [0, 0.1) is 0 Å². The average molecular weight is 195 g/mol. The van der Waals surface area contributed by atoms with E-state index in [-0.39, 0.29) is 0 Å². The Morgan fingerprint density at radius 3 is 2.25 bits per heavy atom. The van der Waals surface area contributed by atoms with Crippen molar-refractivity contribution >= 4 is 28.2 Å². The summed E-state index contributed by atoms with van der Waals surface area (Å²) in [7, 11) is 3.32. The molecule has 7 heteroatoms. The Labute approximate surface area is 72.1 Å². The molecule has 0 N–H and O–H groups in total. The van der Waals surface area contributed by atoms with Crippen molar-refractivity contribution in [3.63, 3.8) is 0 Å². The lowest BCUT2D eigenvalue weighted by Crippen LogP contribution is -2.30. The molecule has 0 amide bonds. The van der Waals surface area contributed by atoms with Crippen LogP contribution in [0.15, 0.2) is 6.20 Å². The maximum absolute atomic E-state index is 12.1. The third kappa shape index (κ3) is 1.91. The molecule has 1 rings (SSSR count). The summed E-state index contributed by atoms with van der Waals surface area (Å²) in [6.07, 6.45) is 0.875. The molecule has 0 aromatic carbocycles. The number of nitrogens with zero attached hydrogens (tertiary/aromatic N) is 2. The Morgan fingerprint density at radius 1 is 1.42 bits per heavy atom. The number of thiazole rings is 1. The molecule has 0 bridgehead atoms. The molecular formula is C5H7BF3N2S-. The summed E-state index contributed by atoms with van der Waals surface area (Å²) in [6, 6.07) is 0. The van der Waals surface area contributed by atoms with Crippen molar-refractivity contribution in [1.29, 1.82) is 0 Å². The molecule has 0 spiro atoms. The second kappa shape index (κ2) is 2.97. The average Bonchev–Trinajstić information content (AvgIpc) is 2.30. The summed E-state index contributed by atoms with van der Waals surface area (Å²) in [5.41, 5.74) is 0. The predicted octanol–water partition coefficient (Wildman–Crippen LogP) is 1.26.